The summed E-state index contributed by atoms with van der Waals surface area (Å²) in [4.78, 5) is 14.5. The molecule has 1 heterocycles. The molecular weight excluding hydrogens is 302 g/mol. The van der Waals surface area contributed by atoms with Crippen molar-refractivity contribution < 1.29 is 9.53 Å². The number of ether oxygens (including phenoxy) is 1. The highest BCUT2D eigenvalue weighted by Gasteiger charge is 2.16. The highest BCUT2D eigenvalue weighted by Crippen LogP contribution is 2.16. The van der Waals surface area contributed by atoms with Gasteiger partial charge in [0.1, 0.15) is 5.75 Å². The summed E-state index contributed by atoms with van der Waals surface area (Å²) in [6, 6.07) is 7.53. The van der Waals surface area contributed by atoms with Crippen LogP contribution < -0.4 is 4.74 Å². The molecule has 0 saturated carbocycles. The second-order valence-corrected chi connectivity index (χ2v) is 7.34. The van der Waals surface area contributed by atoms with E-state index < -0.39 is 0 Å². The second-order valence-electron chi connectivity index (χ2n) is 4.89. The van der Waals surface area contributed by atoms with E-state index in [1.807, 2.05) is 52.7 Å². The van der Waals surface area contributed by atoms with Gasteiger partial charge in [-0.1, -0.05) is 6.92 Å². The lowest BCUT2D eigenvalue weighted by atomic mass is 10.2. The van der Waals surface area contributed by atoms with Crippen LogP contribution in [0.15, 0.2) is 24.3 Å². The zero-order valence-corrected chi connectivity index (χ0v) is 14.2. The Labute approximate surface area is 135 Å². The third-order valence-electron chi connectivity index (χ3n) is 3.24. The van der Waals surface area contributed by atoms with Crippen LogP contribution in [0.25, 0.3) is 0 Å². The second kappa shape index (κ2) is 9.26. The Morgan fingerprint density at radius 2 is 1.71 bits per heavy atom. The van der Waals surface area contributed by atoms with Crippen molar-refractivity contribution >= 4 is 29.4 Å². The minimum Gasteiger partial charge on any atom is -0.494 e. The average molecular weight is 325 g/mol. The third kappa shape index (κ3) is 5.47. The van der Waals surface area contributed by atoms with Crippen molar-refractivity contribution in [3.8, 4) is 5.75 Å². The molecule has 0 radical (unpaired) electrons. The van der Waals surface area contributed by atoms with Crippen LogP contribution in [0.1, 0.15) is 23.7 Å². The van der Waals surface area contributed by atoms with Gasteiger partial charge in [0.05, 0.1) is 6.61 Å². The van der Waals surface area contributed by atoms with E-state index in [9.17, 15) is 4.79 Å². The number of hydrogen-bond donors (Lipinski definition) is 0. The molecule has 0 aromatic heterocycles. The summed E-state index contributed by atoms with van der Waals surface area (Å²) >= 11 is 3.87. The van der Waals surface area contributed by atoms with Crippen LogP contribution in [0.4, 0.5) is 0 Å². The molecular formula is C16H23NO2S2. The lowest BCUT2D eigenvalue weighted by Crippen LogP contribution is -2.34. The number of thioether (sulfide) groups is 2. The minimum atomic E-state index is 0.139. The summed E-state index contributed by atoms with van der Waals surface area (Å²) in [6.45, 7) is 4.49. The van der Waals surface area contributed by atoms with Crippen molar-refractivity contribution in [3.63, 3.8) is 0 Å². The molecule has 1 aromatic carbocycles. The predicted molar refractivity (Wildman–Crippen MR) is 92.8 cm³/mol. The Hall–Kier alpha value is -0.810. The fraction of sp³-hybridized carbons (Fsp3) is 0.562. The summed E-state index contributed by atoms with van der Waals surface area (Å²) in [5.74, 6) is 5.42. The van der Waals surface area contributed by atoms with Gasteiger partial charge in [-0.15, -0.1) is 0 Å². The van der Waals surface area contributed by atoms with Crippen molar-refractivity contribution in [3.05, 3.63) is 29.8 Å². The smallest absolute Gasteiger partial charge is 0.253 e. The molecule has 1 saturated heterocycles. The maximum Gasteiger partial charge on any atom is 0.253 e. The molecule has 0 aliphatic carbocycles. The van der Waals surface area contributed by atoms with Crippen LogP contribution >= 0.6 is 23.5 Å². The lowest BCUT2D eigenvalue weighted by Gasteiger charge is -2.21. The van der Waals surface area contributed by atoms with E-state index in [0.29, 0.717) is 6.61 Å². The molecule has 3 nitrogen and oxygen atoms in total. The first-order valence-corrected chi connectivity index (χ1v) is 9.80. The Bertz CT molecular complexity index is 426. The van der Waals surface area contributed by atoms with Crippen LogP contribution in [0.2, 0.25) is 0 Å². The molecule has 1 aromatic rings. The molecule has 21 heavy (non-hydrogen) atoms. The largest absolute Gasteiger partial charge is 0.494 e. The number of nitrogens with zero attached hydrogens (tertiary/aromatic N) is 1. The van der Waals surface area contributed by atoms with Crippen molar-refractivity contribution in [1.82, 2.24) is 4.90 Å². The number of amides is 1. The van der Waals surface area contributed by atoms with Gasteiger partial charge >= 0.3 is 0 Å². The topological polar surface area (TPSA) is 29.5 Å². The fourth-order valence-electron chi connectivity index (χ4n) is 2.08. The summed E-state index contributed by atoms with van der Waals surface area (Å²) in [6.07, 6.45) is 0.990. The normalized spacial score (nSPS) is 16.7. The fourth-order valence-corrected chi connectivity index (χ4v) is 4.13. The number of carbonyl (C=O) groups excluding carboxylic acids is 1. The standard InChI is InChI=1S/C16H23NO2S2/c1-2-9-19-15-5-3-14(4-6-15)16(18)17-7-10-20-12-13-21-11-8-17/h3-6H,2,7-13H2,1H3. The molecule has 0 unspecified atom stereocenters. The zero-order valence-electron chi connectivity index (χ0n) is 12.5. The van der Waals surface area contributed by atoms with Gasteiger partial charge in [0, 0.05) is 41.7 Å². The lowest BCUT2D eigenvalue weighted by molar-refractivity contribution is 0.0776. The van der Waals surface area contributed by atoms with Crippen LogP contribution in [-0.2, 0) is 0 Å². The molecule has 0 N–H and O–H groups in total. The molecule has 0 bridgehead atoms. The van der Waals surface area contributed by atoms with Crippen molar-refractivity contribution in [2.24, 2.45) is 0 Å². The molecule has 0 spiro atoms. The van der Waals surface area contributed by atoms with Gasteiger partial charge in [-0.3, -0.25) is 4.79 Å². The first kappa shape index (κ1) is 16.6. The minimum absolute atomic E-state index is 0.139. The van der Waals surface area contributed by atoms with E-state index in [4.69, 9.17) is 4.74 Å². The number of rotatable bonds is 4. The highest BCUT2D eigenvalue weighted by molar-refractivity contribution is 8.02. The van der Waals surface area contributed by atoms with E-state index in [0.717, 1.165) is 42.3 Å². The molecule has 1 fully saturated rings. The highest BCUT2D eigenvalue weighted by atomic mass is 32.2. The Morgan fingerprint density at radius 1 is 1.10 bits per heavy atom. The van der Waals surface area contributed by atoms with E-state index >= 15 is 0 Å². The number of carbonyl (C=O) groups is 1. The van der Waals surface area contributed by atoms with Gasteiger partial charge < -0.3 is 9.64 Å². The van der Waals surface area contributed by atoms with Gasteiger partial charge in [-0.05, 0) is 30.7 Å². The average Bonchev–Trinajstić information content (AvgIpc) is 2.66. The molecule has 2 rings (SSSR count). The van der Waals surface area contributed by atoms with E-state index in [-0.39, 0.29) is 5.91 Å². The van der Waals surface area contributed by atoms with E-state index in [1.165, 1.54) is 11.5 Å². The van der Waals surface area contributed by atoms with Gasteiger partial charge in [-0.2, -0.15) is 23.5 Å². The summed E-state index contributed by atoms with van der Waals surface area (Å²) in [5, 5.41) is 0. The maximum atomic E-state index is 12.6. The Balaban J connectivity index is 1.96. The first-order chi connectivity index (χ1) is 10.3. The van der Waals surface area contributed by atoms with Crippen molar-refractivity contribution in [1.29, 1.82) is 0 Å². The van der Waals surface area contributed by atoms with Crippen LogP contribution in [-0.4, -0.2) is 53.5 Å². The first-order valence-electron chi connectivity index (χ1n) is 7.49. The monoisotopic (exact) mass is 325 g/mol. The van der Waals surface area contributed by atoms with Gasteiger partial charge in [-0.25, -0.2) is 0 Å². The van der Waals surface area contributed by atoms with Gasteiger partial charge in [0.2, 0.25) is 0 Å². The quantitative estimate of drug-likeness (QED) is 0.848. The molecule has 1 aliphatic rings. The maximum absolute atomic E-state index is 12.6. The van der Waals surface area contributed by atoms with Crippen LogP contribution in [0, 0.1) is 0 Å². The molecule has 1 amide bonds. The predicted octanol–water partition coefficient (Wildman–Crippen LogP) is 3.40. The third-order valence-corrected chi connectivity index (χ3v) is 5.43. The van der Waals surface area contributed by atoms with Gasteiger partial charge in [0.25, 0.3) is 5.91 Å². The van der Waals surface area contributed by atoms with Crippen LogP contribution in [0.3, 0.4) is 0 Å². The molecule has 1 aliphatic heterocycles. The Kier molecular flexibility index (Phi) is 7.30. The summed E-state index contributed by atoms with van der Waals surface area (Å²) < 4.78 is 5.56. The number of benzene rings is 1. The summed E-state index contributed by atoms with van der Waals surface area (Å²) in [7, 11) is 0. The van der Waals surface area contributed by atoms with E-state index in [2.05, 4.69) is 6.92 Å². The SMILES string of the molecule is CCCOc1ccc(C(=O)N2CCSCCSCC2)cc1. The Morgan fingerprint density at radius 3 is 2.29 bits per heavy atom. The molecule has 0 atom stereocenters. The van der Waals surface area contributed by atoms with Crippen LogP contribution in [0.5, 0.6) is 5.75 Å². The molecule has 5 heteroatoms. The van der Waals surface area contributed by atoms with Gasteiger partial charge in [0.15, 0.2) is 0 Å². The van der Waals surface area contributed by atoms with Crippen molar-refractivity contribution in [2.75, 3.05) is 42.7 Å². The van der Waals surface area contributed by atoms with Crippen molar-refractivity contribution in [2.45, 2.75) is 13.3 Å². The number of hydrogen-bond acceptors (Lipinski definition) is 4. The van der Waals surface area contributed by atoms with E-state index in [1.54, 1.807) is 0 Å². The zero-order chi connectivity index (χ0) is 14.9. The molecule has 116 valence electrons. The summed E-state index contributed by atoms with van der Waals surface area (Å²) in [5.41, 5.74) is 0.757.